The minimum absolute atomic E-state index is 0.111. The van der Waals surface area contributed by atoms with Crippen LogP contribution in [0, 0.1) is 0 Å². The van der Waals surface area contributed by atoms with E-state index in [1.165, 1.54) is 6.20 Å². The summed E-state index contributed by atoms with van der Waals surface area (Å²) in [5.41, 5.74) is 1.70. The number of nitrogens with one attached hydrogen (secondary N) is 1. The summed E-state index contributed by atoms with van der Waals surface area (Å²) < 4.78 is 12.4. The van der Waals surface area contributed by atoms with Crippen molar-refractivity contribution in [3.63, 3.8) is 0 Å². The van der Waals surface area contributed by atoms with Gasteiger partial charge in [0.05, 0.1) is 30.9 Å². The van der Waals surface area contributed by atoms with Crippen molar-refractivity contribution in [2.45, 2.75) is 51.8 Å². The predicted molar refractivity (Wildman–Crippen MR) is 131 cm³/mol. The van der Waals surface area contributed by atoms with Crippen LogP contribution in [0.25, 0.3) is 11.0 Å². The van der Waals surface area contributed by atoms with E-state index in [-0.39, 0.29) is 11.6 Å². The van der Waals surface area contributed by atoms with Gasteiger partial charge in [-0.3, -0.25) is 0 Å². The molecule has 10 nitrogen and oxygen atoms in total. The smallest absolute Gasteiger partial charge is 0.407 e. The third kappa shape index (κ3) is 5.64. The van der Waals surface area contributed by atoms with Crippen molar-refractivity contribution in [3.05, 3.63) is 47.8 Å². The number of alkyl carbamates (subject to hydrolysis) is 1. The van der Waals surface area contributed by atoms with Crippen LogP contribution in [0.1, 0.15) is 49.5 Å². The molecule has 1 aliphatic rings. The molecule has 35 heavy (non-hydrogen) atoms. The lowest BCUT2D eigenvalue weighted by molar-refractivity contribution is 0.0499. The number of hydrogen-bond acceptors (Lipinski definition) is 7. The van der Waals surface area contributed by atoms with Gasteiger partial charge >= 0.3 is 12.1 Å². The van der Waals surface area contributed by atoms with Crippen LogP contribution in [0.4, 0.5) is 10.5 Å². The van der Waals surface area contributed by atoms with E-state index in [1.807, 2.05) is 49.9 Å². The Kier molecular flexibility index (Phi) is 6.81. The zero-order valence-corrected chi connectivity index (χ0v) is 20.4. The summed E-state index contributed by atoms with van der Waals surface area (Å²) in [7, 11) is 1.62. The molecule has 1 aliphatic heterocycles. The number of amides is 1. The van der Waals surface area contributed by atoms with Crippen LogP contribution < -0.4 is 15.0 Å². The van der Waals surface area contributed by atoms with Gasteiger partial charge in [-0.15, -0.1) is 0 Å². The number of carboxylic acid groups (broad SMARTS) is 1. The fourth-order valence-corrected chi connectivity index (χ4v) is 4.30. The van der Waals surface area contributed by atoms with Gasteiger partial charge in [-0.2, -0.15) is 5.10 Å². The van der Waals surface area contributed by atoms with E-state index in [4.69, 9.17) is 9.47 Å². The second-order valence-corrected chi connectivity index (χ2v) is 9.64. The van der Waals surface area contributed by atoms with Crippen molar-refractivity contribution in [2.75, 3.05) is 25.1 Å². The van der Waals surface area contributed by atoms with Gasteiger partial charge in [0, 0.05) is 25.3 Å². The van der Waals surface area contributed by atoms with Crippen LogP contribution in [0.15, 0.2) is 36.7 Å². The lowest BCUT2D eigenvalue weighted by Gasteiger charge is -2.35. The molecule has 186 valence electrons. The molecule has 1 saturated heterocycles. The number of carbonyl (C=O) groups is 2. The van der Waals surface area contributed by atoms with Crippen LogP contribution in [0.2, 0.25) is 0 Å². The highest BCUT2D eigenvalue weighted by atomic mass is 16.6. The molecular weight excluding hydrogens is 450 g/mol. The first-order chi connectivity index (χ1) is 16.6. The molecule has 1 fully saturated rings. The van der Waals surface area contributed by atoms with Crippen LogP contribution in [0.3, 0.4) is 0 Å². The van der Waals surface area contributed by atoms with Crippen LogP contribution >= 0.6 is 0 Å². The number of methoxy groups -OCH3 is 1. The zero-order chi connectivity index (χ0) is 25.2. The van der Waals surface area contributed by atoms with Gasteiger partial charge in [0.1, 0.15) is 16.9 Å². The number of carboxylic acids is 1. The SMILES string of the molecule is COc1ccc(Cn2ncc3c(N4CCC[C@H](NC(=O)OC(C)(C)C)C4)c(C(=O)O)cnc32)cc1. The quantitative estimate of drug-likeness (QED) is 0.547. The molecule has 3 heterocycles. The van der Waals surface area contributed by atoms with Crippen molar-refractivity contribution in [1.82, 2.24) is 20.1 Å². The molecular formula is C25H31N5O5. The average molecular weight is 482 g/mol. The number of benzene rings is 1. The van der Waals surface area contributed by atoms with Gasteiger partial charge in [-0.25, -0.2) is 19.3 Å². The molecule has 0 spiro atoms. The van der Waals surface area contributed by atoms with Gasteiger partial charge in [0.15, 0.2) is 5.65 Å². The van der Waals surface area contributed by atoms with Crippen LogP contribution in [-0.4, -0.2) is 63.8 Å². The lowest BCUT2D eigenvalue weighted by Crippen LogP contribution is -2.49. The fraction of sp³-hybridized carbons (Fsp3) is 0.440. The van der Waals surface area contributed by atoms with Crippen molar-refractivity contribution < 1.29 is 24.2 Å². The molecule has 0 bridgehead atoms. The normalized spacial score (nSPS) is 16.2. The third-order valence-electron chi connectivity index (χ3n) is 5.82. The Morgan fingerprint density at radius 3 is 2.60 bits per heavy atom. The predicted octanol–water partition coefficient (Wildman–Crippen LogP) is 3.68. The van der Waals surface area contributed by atoms with Crippen molar-refractivity contribution in [3.8, 4) is 5.75 Å². The molecule has 1 aromatic carbocycles. The second kappa shape index (κ2) is 9.81. The van der Waals surface area contributed by atoms with E-state index >= 15 is 0 Å². The zero-order valence-electron chi connectivity index (χ0n) is 20.4. The number of pyridine rings is 1. The minimum atomic E-state index is -1.06. The van der Waals surface area contributed by atoms with Gasteiger partial charge < -0.3 is 24.8 Å². The average Bonchev–Trinajstić information content (AvgIpc) is 3.20. The van der Waals surface area contributed by atoms with Crippen molar-refractivity contribution in [1.29, 1.82) is 0 Å². The maximum atomic E-state index is 12.3. The summed E-state index contributed by atoms with van der Waals surface area (Å²) in [6, 6.07) is 7.51. The number of rotatable bonds is 6. The summed E-state index contributed by atoms with van der Waals surface area (Å²) in [5.74, 6) is -0.287. The number of hydrogen-bond donors (Lipinski definition) is 2. The molecule has 0 unspecified atom stereocenters. The number of nitrogens with zero attached hydrogens (tertiary/aromatic N) is 4. The third-order valence-corrected chi connectivity index (χ3v) is 5.82. The molecule has 4 rings (SSSR count). The molecule has 10 heteroatoms. The standard InChI is InChI=1S/C25H31N5O5/c1-25(2,3)35-24(33)28-17-6-5-11-29(15-17)21-19-13-27-30(22(19)26-12-20(21)23(31)32)14-16-7-9-18(34-4)10-8-16/h7-10,12-13,17H,5-6,11,14-15H2,1-4H3,(H,28,33)(H,31,32)/t17-/m0/s1. The van der Waals surface area contributed by atoms with Gasteiger partial charge in [-0.05, 0) is 51.3 Å². The summed E-state index contributed by atoms with van der Waals surface area (Å²) in [6.07, 6.45) is 4.15. The Labute approximate surface area is 203 Å². The number of ether oxygens (including phenoxy) is 2. The number of fused-ring (bicyclic) bond motifs is 1. The molecule has 3 aromatic rings. The molecule has 1 atom stereocenters. The minimum Gasteiger partial charge on any atom is -0.497 e. The highest BCUT2D eigenvalue weighted by Gasteiger charge is 2.29. The first kappa shape index (κ1) is 24.3. The monoisotopic (exact) mass is 481 g/mol. The van der Waals surface area contributed by atoms with E-state index < -0.39 is 17.7 Å². The summed E-state index contributed by atoms with van der Waals surface area (Å²) in [4.78, 5) is 30.8. The topological polar surface area (TPSA) is 119 Å². The maximum absolute atomic E-state index is 12.3. The summed E-state index contributed by atoms with van der Waals surface area (Å²) in [6.45, 7) is 7.05. The molecule has 0 saturated carbocycles. The largest absolute Gasteiger partial charge is 0.497 e. The number of carbonyl (C=O) groups excluding carboxylic acids is 1. The first-order valence-corrected chi connectivity index (χ1v) is 11.6. The van der Waals surface area contributed by atoms with E-state index in [0.29, 0.717) is 36.4 Å². The Balaban J connectivity index is 1.62. The van der Waals surface area contributed by atoms with Crippen molar-refractivity contribution >= 4 is 28.8 Å². The summed E-state index contributed by atoms with van der Waals surface area (Å²) in [5, 5.41) is 18.0. The first-order valence-electron chi connectivity index (χ1n) is 11.6. The highest BCUT2D eigenvalue weighted by Crippen LogP contribution is 2.32. The number of anilines is 1. The Bertz CT molecular complexity index is 1220. The Hall–Kier alpha value is -3.82. The van der Waals surface area contributed by atoms with Gasteiger partial charge in [-0.1, -0.05) is 12.1 Å². The molecule has 1 amide bonds. The number of aromatic carboxylic acids is 1. The van der Waals surface area contributed by atoms with Gasteiger partial charge in [0.2, 0.25) is 0 Å². The molecule has 0 aliphatic carbocycles. The van der Waals surface area contributed by atoms with E-state index in [0.717, 1.165) is 24.2 Å². The fourth-order valence-electron chi connectivity index (χ4n) is 4.30. The van der Waals surface area contributed by atoms with Gasteiger partial charge in [0.25, 0.3) is 0 Å². The molecule has 2 aromatic heterocycles. The highest BCUT2D eigenvalue weighted by molar-refractivity contribution is 6.03. The molecule has 0 radical (unpaired) electrons. The molecule has 2 N–H and O–H groups in total. The van der Waals surface area contributed by atoms with Crippen molar-refractivity contribution in [2.24, 2.45) is 0 Å². The number of piperidine rings is 1. The lowest BCUT2D eigenvalue weighted by atomic mass is 10.0. The summed E-state index contributed by atoms with van der Waals surface area (Å²) >= 11 is 0. The second-order valence-electron chi connectivity index (χ2n) is 9.64. The Morgan fingerprint density at radius 2 is 1.94 bits per heavy atom. The Morgan fingerprint density at radius 1 is 1.20 bits per heavy atom. The number of aromatic nitrogens is 3. The van der Waals surface area contributed by atoms with Crippen LogP contribution in [0.5, 0.6) is 5.75 Å². The maximum Gasteiger partial charge on any atom is 0.407 e. The van der Waals surface area contributed by atoms with Crippen LogP contribution in [-0.2, 0) is 11.3 Å². The van der Waals surface area contributed by atoms with E-state index in [2.05, 4.69) is 15.4 Å². The van der Waals surface area contributed by atoms with E-state index in [9.17, 15) is 14.7 Å². The van der Waals surface area contributed by atoms with E-state index in [1.54, 1.807) is 18.0 Å².